The molecular weight excluding hydrogens is 490 g/mol. The maximum absolute atomic E-state index is 12.8. The quantitative estimate of drug-likeness (QED) is 0.633. The Labute approximate surface area is 191 Å². The monoisotopic (exact) mass is 510 g/mol. The topological polar surface area (TPSA) is 77.9 Å². The van der Waals surface area contributed by atoms with Gasteiger partial charge in [0.2, 0.25) is 10.0 Å². The summed E-state index contributed by atoms with van der Waals surface area (Å²) in [5, 5.41) is 7.12. The number of hydrogen-bond donors (Lipinski definition) is 1. The molecule has 2 aliphatic rings. The van der Waals surface area contributed by atoms with E-state index in [0.717, 1.165) is 24.2 Å². The van der Waals surface area contributed by atoms with E-state index in [1.807, 2.05) is 0 Å². The van der Waals surface area contributed by atoms with Gasteiger partial charge >= 0.3 is 18.3 Å². The summed E-state index contributed by atoms with van der Waals surface area (Å²) in [4.78, 5) is 11.3. The average molecular weight is 510 g/mol. The number of carboxylic acid groups (broad SMARTS) is 1. The summed E-state index contributed by atoms with van der Waals surface area (Å²) in [6, 6.07) is 13.6. The Balaban J connectivity index is 0.000000406. The van der Waals surface area contributed by atoms with Crippen LogP contribution in [0.2, 0.25) is 0 Å². The van der Waals surface area contributed by atoms with Crippen molar-refractivity contribution in [2.75, 3.05) is 19.6 Å². The molecule has 0 bridgehead atoms. The minimum Gasteiger partial charge on any atom is -0.475 e. The molecule has 0 aromatic heterocycles. The van der Waals surface area contributed by atoms with Gasteiger partial charge < -0.3 is 5.11 Å². The van der Waals surface area contributed by atoms with Gasteiger partial charge in [0.1, 0.15) is 0 Å². The van der Waals surface area contributed by atoms with Crippen LogP contribution >= 0.6 is 0 Å². The van der Waals surface area contributed by atoms with E-state index in [9.17, 15) is 34.8 Å². The molecule has 6 nitrogen and oxygen atoms in total. The lowest BCUT2D eigenvalue weighted by Crippen LogP contribution is -2.54. The van der Waals surface area contributed by atoms with Gasteiger partial charge in [-0.25, -0.2) is 13.2 Å². The molecule has 2 heterocycles. The Hall–Kier alpha value is -2.64. The van der Waals surface area contributed by atoms with Crippen LogP contribution in [0.1, 0.15) is 11.1 Å². The molecule has 2 saturated heterocycles. The van der Waals surface area contributed by atoms with Gasteiger partial charge in [-0.2, -0.15) is 30.6 Å². The van der Waals surface area contributed by atoms with E-state index in [1.165, 1.54) is 16.4 Å². The van der Waals surface area contributed by atoms with Crippen LogP contribution in [0.3, 0.4) is 0 Å². The number of carbonyl (C=O) groups is 1. The predicted octanol–water partition coefficient (Wildman–Crippen LogP) is 3.84. The second kappa shape index (κ2) is 9.55. The predicted molar refractivity (Wildman–Crippen MR) is 108 cm³/mol. The molecule has 34 heavy (non-hydrogen) atoms. The third-order valence-corrected chi connectivity index (χ3v) is 7.45. The van der Waals surface area contributed by atoms with Crippen LogP contribution in [0.25, 0.3) is 0 Å². The zero-order valence-electron chi connectivity index (χ0n) is 17.4. The molecule has 2 fully saturated rings. The molecule has 2 aromatic rings. The Bertz CT molecular complexity index is 1100. The maximum atomic E-state index is 12.8. The number of fused-ring (bicyclic) bond motifs is 1. The fourth-order valence-corrected chi connectivity index (χ4v) is 5.40. The van der Waals surface area contributed by atoms with E-state index < -0.39 is 33.9 Å². The molecular formula is C21H20F6N2O4S. The first-order chi connectivity index (χ1) is 15.7. The molecule has 0 saturated carbocycles. The van der Waals surface area contributed by atoms with Crippen LogP contribution in [0, 0.1) is 5.92 Å². The molecule has 1 N–H and O–H groups in total. The lowest BCUT2D eigenvalue weighted by atomic mass is 9.91. The van der Waals surface area contributed by atoms with E-state index in [-0.39, 0.29) is 12.0 Å². The average Bonchev–Trinajstić information content (AvgIpc) is 3.10. The van der Waals surface area contributed by atoms with E-state index in [1.54, 1.807) is 30.3 Å². The van der Waals surface area contributed by atoms with Gasteiger partial charge in [-0.15, -0.1) is 0 Å². The van der Waals surface area contributed by atoms with Gasteiger partial charge in [-0.05, 0) is 29.8 Å². The number of hydrogen-bond acceptors (Lipinski definition) is 4. The summed E-state index contributed by atoms with van der Waals surface area (Å²) in [6.07, 6.45) is -9.42. The summed E-state index contributed by atoms with van der Waals surface area (Å²) in [6.45, 7) is 2.19. The van der Waals surface area contributed by atoms with E-state index in [0.29, 0.717) is 24.5 Å². The summed E-state index contributed by atoms with van der Waals surface area (Å²) in [5.41, 5.74) is 0.138. The molecule has 2 aliphatic heterocycles. The van der Waals surface area contributed by atoms with E-state index in [2.05, 4.69) is 4.90 Å². The largest absolute Gasteiger partial charge is 0.490 e. The zero-order chi connectivity index (χ0) is 25.3. The third kappa shape index (κ3) is 5.88. The van der Waals surface area contributed by atoms with Crippen LogP contribution < -0.4 is 0 Å². The number of carboxylic acids is 1. The van der Waals surface area contributed by atoms with Crippen LogP contribution in [-0.2, 0) is 27.5 Å². The highest BCUT2D eigenvalue weighted by atomic mass is 32.2. The van der Waals surface area contributed by atoms with Crippen molar-refractivity contribution in [2.24, 2.45) is 5.92 Å². The SMILES string of the molecule is O=C(O)C(F)(F)F.O=S(=O)(c1ccccc1)N1CC2CN(Cc3ccc(C(F)(F)F)cc3)C2C1. The number of aliphatic carboxylic acids is 1. The van der Waals surface area contributed by atoms with E-state index >= 15 is 0 Å². The smallest absolute Gasteiger partial charge is 0.475 e. The summed E-state index contributed by atoms with van der Waals surface area (Å²) < 4.78 is 96.7. The number of sulfonamides is 1. The summed E-state index contributed by atoms with van der Waals surface area (Å²) in [5.74, 6) is -2.48. The minimum absolute atomic E-state index is 0.116. The lowest BCUT2D eigenvalue weighted by Gasteiger charge is -2.43. The van der Waals surface area contributed by atoms with Gasteiger partial charge in [0.15, 0.2) is 0 Å². The number of rotatable bonds is 4. The fourth-order valence-electron chi connectivity index (χ4n) is 3.86. The molecule has 0 radical (unpaired) electrons. The Kier molecular flexibility index (Phi) is 7.29. The molecule has 0 amide bonds. The minimum atomic E-state index is -5.08. The van der Waals surface area contributed by atoms with Gasteiger partial charge in [0, 0.05) is 38.1 Å². The first-order valence-corrected chi connectivity index (χ1v) is 11.4. The fraction of sp³-hybridized carbons (Fsp3) is 0.381. The molecule has 2 unspecified atom stereocenters. The second-order valence-electron chi connectivity index (χ2n) is 7.89. The molecule has 0 spiro atoms. The van der Waals surface area contributed by atoms with Crippen molar-refractivity contribution in [3.63, 3.8) is 0 Å². The van der Waals surface area contributed by atoms with Crippen LogP contribution in [0.5, 0.6) is 0 Å². The Morgan fingerprint density at radius 1 is 0.912 bits per heavy atom. The molecule has 0 aliphatic carbocycles. The van der Waals surface area contributed by atoms with Crippen molar-refractivity contribution < 1.29 is 44.7 Å². The van der Waals surface area contributed by atoms with Crippen LogP contribution in [-0.4, -0.2) is 60.6 Å². The highest BCUT2D eigenvalue weighted by Gasteiger charge is 2.48. The highest BCUT2D eigenvalue weighted by molar-refractivity contribution is 7.89. The summed E-state index contributed by atoms with van der Waals surface area (Å²) in [7, 11) is -3.50. The number of likely N-dealkylation sites (tertiary alicyclic amines) is 1. The van der Waals surface area contributed by atoms with Crippen molar-refractivity contribution >= 4 is 16.0 Å². The standard InChI is InChI=1S/C19H19F3N2O2S.C2HF3O2/c20-19(21,22)16-8-6-14(7-9-16)10-23-11-15-12-24(13-18(15)23)27(25,26)17-4-2-1-3-5-17;3-2(4,5)1(6)7/h1-9,15,18H,10-13H2;(H,6,7). The third-order valence-electron chi connectivity index (χ3n) is 5.60. The molecule has 2 aromatic carbocycles. The van der Waals surface area contributed by atoms with Gasteiger partial charge in [-0.3, -0.25) is 4.90 Å². The van der Waals surface area contributed by atoms with E-state index in [4.69, 9.17) is 9.90 Å². The maximum Gasteiger partial charge on any atom is 0.490 e. The molecule has 2 atom stereocenters. The lowest BCUT2D eigenvalue weighted by molar-refractivity contribution is -0.192. The van der Waals surface area contributed by atoms with Crippen LogP contribution in [0.4, 0.5) is 26.3 Å². The summed E-state index contributed by atoms with van der Waals surface area (Å²) >= 11 is 0. The number of benzene rings is 2. The van der Waals surface area contributed by atoms with Crippen molar-refractivity contribution in [3.8, 4) is 0 Å². The second-order valence-corrected chi connectivity index (χ2v) is 9.83. The first-order valence-electron chi connectivity index (χ1n) is 9.95. The van der Waals surface area contributed by atoms with Gasteiger partial charge in [0.05, 0.1) is 10.5 Å². The van der Waals surface area contributed by atoms with Crippen molar-refractivity contribution in [1.29, 1.82) is 0 Å². The molecule has 186 valence electrons. The van der Waals surface area contributed by atoms with Gasteiger partial charge in [-0.1, -0.05) is 30.3 Å². The number of nitrogens with zero attached hydrogens (tertiary/aromatic N) is 2. The number of alkyl halides is 6. The van der Waals surface area contributed by atoms with Crippen molar-refractivity contribution in [2.45, 2.75) is 29.8 Å². The highest BCUT2D eigenvalue weighted by Crippen LogP contribution is 2.36. The van der Waals surface area contributed by atoms with Crippen LogP contribution in [0.15, 0.2) is 59.5 Å². The Morgan fingerprint density at radius 3 is 1.97 bits per heavy atom. The molecule has 13 heteroatoms. The first kappa shape index (κ1) is 26.0. The normalized spacial score (nSPS) is 21.2. The Morgan fingerprint density at radius 2 is 1.47 bits per heavy atom. The number of halogens is 6. The molecule has 4 rings (SSSR count). The van der Waals surface area contributed by atoms with Gasteiger partial charge in [0.25, 0.3) is 0 Å². The van der Waals surface area contributed by atoms with Crippen molar-refractivity contribution in [1.82, 2.24) is 9.21 Å². The van der Waals surface area contributed by atoms with Crippen molar-refractivity contribution in [3.05, 3.63) is 65.7 Å². The zero-order valence-corrected chi connectivity index (χ0v) is 18.2.